The van der Waals surface area contributed by atoms with Crippen LogP contribution in [0.1, 0.15) is 527 Å². The third-order valence-electron chi connectivity index (χ3n) is 18.8. The summed E-state index contributed by atoms with van der Waals surface area (Å²) in [5.74, 6) is 2.43. The van der Waals surface area contributed by atoms with Gasteiger partial charge in [0.05, 0.1) is 12.1 Å². The van der Waals surface area contributed by atoms with E-state index in [9.17, 15) is 67.1 Å². The van der Waals surface area contributed by atoms with E-state index in [0.717, 1.165) is 51.5 Å². The Labute approximate surface area is 798 Å². The minimum Gasteiger partial charge on any atom is -0.356 e. The summed E-state index contributed by atoms with van der Waals surface area (Å²) in [6.07, 6.45) is 18.9. The summed E-state index contributed by atoms with van der Waals surface area (Å²) in [4.78, 5) is 160. The van der Waals surface area contributed by atoms with Crippen LogP contribution in [0.25, 0.3) is 0 Å². The summed E-state index contributed by atoms with van der Waals surface area (Å²) in [6.45, 7) is 102. The number of carbonyl (C=O) groups is 14. The molecule has 0 saturated heterocycles. The Bertz CT molecular complexity index is 3200. The summed E-state index contributed by atoms with van der Waals surface area (Å²) in [7, 11) is 0. The van der Waals surface area contributed by atoms with E-state index in [4.69, 9.17) is 11.5 Å². The highest BCUT2D eigenvalue weighted by molar-refractivity contribution is 5.94. The molecule has 0 heterocycles. The van der Waals surface area contributed by atoms with Gasteiger partial charge in [0.1, 0.15) is 63.6 Å². The van der Waals surface area contributed by atoms with Crippen LogP contribution in [0.2, 0.25) is 0 Å². The lowest BCUT2D eigenvalue weighted by Gasteiger charge is -2.24. The second kappa shape index (κ2) is 64.0. The number of rotatable bonds is 35. The van der Waals surface area contributed by atoms with Crippen molar-refractivity contribution in [3.8, 4) is 0 Å². The Morgan fingerprint density at radius 1 is 0.256 bits per heavy atom. The number of hydrogen-bond donors (Lipinski definition) is 4. The molecular weight excluding hydrogens is 1610 g/mol. The van der Waals surface area contributed by atoms with Crippen LogP contribution in [0.4, 0.5) is 0 Å². The molecule has 0 fully saturated rings. The normalized spacial score (nSPS) is 12.9. The van der Waals surface area contributed by atoms with Crippen molar-refractivity contribution < 1.29 is 67.1 Å². The van der Waals surface area contributed by atoms with Crippen LogP contribution in [0.3, 0.4) is 0 Å². The third-order valence-corrected chi connectivity index (χ3v) is 18.8. The maximum absolute atomic E-state index is 11.8. The first-order chi connectivity index (χ1) is 56.0. The fourth-order valence-corrected chi connectivity index (χ4v) is 11.1. The smallest absolute Gasteiger partial charge is 0.225 e. The van der Waals surface area contributed by atoms with Gasteiger partial charge in [-0.15, -0.1) is 0 Å². The van der Waals surface area contributed by atoms with Crippen molar-refractivity contribution in [1.29, 1.82) is 0 Å². The quantitative estimate of drug-likeness (QED) is 0.0429. The number of carbonyl (C=O) groups excluding carboxylic acids is 14. The molecule has 0 saturated carbocycles. The first kappa shape index (κ1) is 144. The van der Waals surface area contributed by atoms with Gasteiger partial charge in [-0.2, -0.15) is 0 Å². The maximum Gasteiger partial charge on any atom is 0.225 e. The Balaban J connectivity index is -0.000000155. The molecule has 766 valence electrons. The molecule has 0 spiro atoms. The lowest BCUT2D eigenvalue weighted by molar-refractivity contribution is -0.131. The molecule has 0 radical (unpaired) electrons. The molecule has 0 aromatic carbocycles. The maximum atomic E-state index is 11.8. The highest BCUT2D eigenvalue weighted by Gasteiger charge is 2.32. The largest absolute Gasteiger partial charge is 0.356 e. The van der Waals surface area contributed by atoms with Crippen LogP contribution in [-0.2, 0) is 67.1 Å². The predicted octanol–water partition coefficient (Wildman–Crippen LogP) is 28.3. The van der Waals surface area contributed by atoms with E-state index in [1.54, 1.807) is 6.92 Å². The lowest BCUT2D eigenvalue weighted by Crippen LogP contribution is -2.41. The zero-order chi connectivity index (χ0) is 104. The highest BCUT2D eigenvalue weighted by Crippen LogP contribution is 2.32. The van der Waals surface area contributed by atoms with Gasteiger partial charge in [0.15, 0.2) is 5.78 Å². The summed E-state index contributed by atoms with van der Waals surface area (Å²) in [5, 5.41) is 5.88. The molecule has 0 rings (SSSR count). The van der Waals surface area contributed by atoms with E-state index >= 15 is 0 Å². The number of Topliss-reactive ketones (excluding diaryl/α,β-unsaturated/α-hetero) is 12. The Morgan fingerprint density at radius 2 is 0.504 bits per heavy atom. The zero-order valence-corrected chi connectivity index (χ0v) is 93.8. The Hall–Kier alpha value is -5.10. The molecule has 0 unspecified atom stereocenters. The number of nitrogens with one attached hydrogen (secondary N) is 2. The van der Waals surface area contributed by atoms with Gasteiger partial charge < -0.3 is 22.1 Å². The standard InChI is InChI=1S/C17H32O2.C15H28O2.C14H26O2.C13H25NO2.C13H24O2.C11H23NO.C10H21NO.C10H22.C7H13NO2.CH4/c1-16(2,3)13-14(18)11-9-7-8-10-12-15(19)17(4,5)6;1-14(2,3)11-12(16)9-7-8-10-13(17)15(4,5)6;1-13(2,3)10-11(15)8-7-9-12(16)14(4,5)6;1-12(2,3)8-9(15)7-10(14)11(16)13(4,5)6;1-12(2,3)9-10(14)7-8-11(15)13(4,5)6;1-10(2,3)7-8-12-9(13)11(4,5)6;1-9(2,3)7-8(12)11-10(4,5)6;1-9(2,3)7-8-10(4,5)6;1-3-6(10)4-7(8)5(2)9;/h7-13H2,1-6H3;7-11H2,1-6H3;7-10H2,1-6H3;10H,7-8,14H2,1-6H3;7-9H2,1-6H3;7-8H2,1-6H3,(H,12,13);7H2,1-6H3,(H,11,12);7-8H2,1-6H3;7H,3-4,8H2,1-2H3;1H4/t;;;10-;;;;;7-;/m...0....1./s1. The molecule has 0 aliphatic carbocycles. The van der Waals surface area contributed by atoms with Gasteiger partial charge in [0, 0.05) is 154 Å². The van der Waals surface area contributed by atoms with Gasteiger partial charge >= 0.3 is 0 Å². The van der Waals surface area contributed by atoms with Gasteiger partial charge in [-0.25, -0.2) is 0 Å². The molecule has 18 nitrogen and oxygen atoms in total. The van der Waals surface area contributed by atoms with E-state index in [-0.39, 0.29) is 143 Å². The molecule has 129 heavy (non-hydrogen) atoms. The van der Waals surface area contributed by atoms with Crippen LogP contribution in [0.15, 0.2) is 0 Å². The van der Waals surface area contributed by atoms with Gasteiger partial charge in [-0.05, 0) is 128 Å². The number of ketones is 12. The topological polar surface area (TPSA) is 315 Å². The second-order valence-corrected chi connectivity index (χ2v) is 54.3. The van der Waals surface area contributed by atoms with Crippen LogP contribution in [-0.4, -0.2) is 105 Å². The molecule has 0 bridgehead atoms. The molecule has 0 aromatic rings. The number of unbranched alkanes of at least 4 members (excludes halogenated alkanes) is 4. The first-order valence-corrected chi connectivity index (χ1v) is 48.4. The van der Waals surface area contributed by atoms with Gasteiger partial charge in [-0.1, -0.05) is 339 Å². The van der Waals surface area contributed by atoms with Crippen molar-refractivity contribution >= 4 is 81.2 Å². The summed E-state index contributed by atoms with van der Waals surface area (Å²) in [6, 6.07) is -1.25. The van der Waals surface area contributed by atoms with E-state index < -0.39 is 17.5 Å². The number of nitrogens with two attached hydrogens (primary N) is 2. The fraction of sp³-hybridized carbons (Fsp3) is 0.874. The lowest BCUT2D eigenvalue weighted by atomic mass is 9.81. The van der Waals surface area contributed by atoms with Gasteiger partial charge in [-0.3, -0.25) is 67.1 Å². The van der Waals surface area contributed by atoms with Crippen molar-refractivity contribution in [3.05, 3.63) is 0 Å². The van der Waals surface area contributed by atoms with Crippen LogP contribution in [0, 0.1) is 81.2 Å². The average molecular weight is 1830 g/mol. The molecule has 0 aromatic heterocycles. The Kier molecular flexibility index (Phi) is 71.6. The summed E-state index contributed by atoms with van der Waals surface area (Å²) < 4.78 is 0. The van der Waals surface area contributed by atoms with Crippen LogP contribution >= 0.6 is 0 Å². The highest BCUT2D eigenvalue weighted by atomic mass is 16.2. The van der Waals surface area contributed by atoms with E-state index in [0.29, 0.717) is 142 Å². The monoisotopic (exact) mass is 1830 g/mol. The van der Waals surface area contributed by atoms with E-state index in [1.165, 1.54) is 19.8 Å². The second-order valence-electron chi connectivity index (χ2n) is 54.3. The van der Waals surface area contributed by atoms with E-state index in [1.807, 2.05) is 187 Å². The van der Waals surface area contributed by atoms with E-state index in [2.05, 4.69) is 156 Å². The fourth-order valence-electron chi connectivity index (χ4n) is 11.1. The molecule has 18 heteroatoms. The molecule has 0 aliphatic heterocycles. The first-order valence-electron chi connectivity index (χ1n) is 48.4. The van der Waals surface area contributed by atoms with Crippen molar-refractivity contribution in [2.24, 2.45) is 92.7 Å². The van der Waals surface area contributed by atoms with Crippen LogP contribution < -0.4 is 22.1 Å². The van der Waals surface area contributed by atoms with Crippen molar-refractivity contribution in [2.75, 3.05) is 6.54 Å². The number of amides is 2. The van der Waals surface area contributed by atoms with Crippen molar-refractivity contribution in [3.63, 3.8) is 0 Å². The Morgan fingerprint density at radius 3 is 0.760 bits per heavy atom. The van der Waals surface area contributed by atoms with Crippen molar-refractivity contribution in [1.82, 2.24) is 10.6 Å². The molecule has 2 atom stereocenters. The summed E-state index contributed by atoms with van der Waals surface area (Å²) in [5.41, 5.74) is 10.8. The minimum absolute atomic E-state index is 0. The number of hydrogen-bond acceptors (Lipinski definition) is 16. The molecule has 6 N–H and O–H groups in total. The third kappa shape index (κ3) is 115. The molecule has 0 aliphatic rings. The minimum atomic E-state index is -0.658. The predicted molar refractivity (Wildman–Crippen MR) is 552 cm³/mol. The van der Waals surface area contributed by atoms with Gasteiger partial charge in [0.25, 0.3) is 0 Å². The SMILES string of the molecule is C.CC(C)(C)CC(=O)CCC(=O)C(C)(C)C.CC(C)(C)CC(=O)CCCC(=O)C(C)(C)C.CC(C)(C)CC(=O)CCCCC(=O)C(C)(C)C.CC(C)(C)CC(=O)CCCCCCC(=O)C(C)(C)C.CC(C)(C)CC(=O)C[C@H](N)C(=O)C(C)(C)C.CC(C)(C)CC(=O)NC(C)(C)C.CC(C)(C)CCC(C)(C)C.CC(C)(C)CCNC(=O)C(C)(C)C.CCC(=O)C[C@@H](N)C(C)=O. The van der Waals surface area contributed by atoms with Gasteiger partial charge in [0.2, 0.25) is 11.8 Å². The van der Waals surface area contributed by atoms with Crippen molar-refractivity contribution in [2.45, 2.75) is 545 Å². The zero-order valence-electron chi connectivity index (χ0n) is 93.8. The average Bonchev–Trinajstić information content (AvgIpc) is 0.855. The van der Waals surface area contributed by atoms with Crippen LogP contribution in [0.5, 0.6) is 0 Å². The molecule has 2 amide bonds. The molecular formula is C111H218N4O14. The summed E-state index contributed by atoms with van der Waals surface area (Å²) >= 11 is 0.